The highest BCUT2D eigenvalue weighted by atomic mass is 16.5. The Morgan fingerprint density at radius 1 is 0.687 bits per heavy atom. The Labute approximate surface area is 390 Å². The van der Waals surface area contributed by atoms with Crippen molar-refractivity contribution in [1.82, 2.24) is 40.4 Å². The Hall–Kier alpha value is -6.51. The molecule has 67 heavy (non-hydrogen) atoms. The van der Waals surface area contributed by atoms with Gasteiger partial charge in [-0.1, -0.05) is 83.0 Å². The van der Waals surface area contributed by atoms with Crippen LogP contribution in [0.5, 0.6) is 0 Å². The van der Waals surface area contributed by atoms with Gasteiger partial charge in [0.05, 0.1) is 49.1 Å². The summed E-state index contributed by atoms with van der Waals surface area (Å²) in [6, 6.07) is 16.9. The van der Waals surface area contributed by atoms with Crippen molar-refractivity contribution >= 4 is 34.9 Å². The van der Waals surface area contributed by atoms with Crippen molar-refractivity contribution in [3.63, 3.8) is 0 Å². The highest BCUT2D eigenvalue weighted by molar-refractivity contribution is 5.89. The Balaban J connectivity index is 0.972. The zero-order chi connectivity index (χ0) is 47.1. The van der Waals surface area contributed by atoms with Gasteiger partial charge in [-0.05, 0) is 120 Å². The summed E-state index contributed by atoms with van der Waals surface area (Å²) in [6.07, 6.45) is 10.4. The minimum atomic E-state index is -0.771. The predicted molar refractivity (Wildman–Crippen MR) is 255 cm³/mol. The quantitative estimate of drug-likeness (QED) is 0.101. The molecule has 4 N–H and O–H groups in total. The maximum atomic E-state index is 13.9. The fraction of sp³-hybridized carbons (Fsp3) is 0.481. The number of imidazole rings is 1. The first-order valence-corrected chi connectivity index (χ1v) is 23.9. The van der Waals surface area contributed by atoms with Crippen molar-refractivity contribution < 1.29 is 28.7 Å². The smallest absolute Gasteiger partial charge is 0.407 e. The molecule has 4 heterocycles. The molecule has 2 aromatic heterocycles. The van der Waals surface area contributed by atoms with Crippen LogP contribution in [0.4, 0.5) is 9.59 Å². The van der Waals surface area contributed by atoms with E-state index in [-0.39, 0.29) is 40.7 Å². The molecule has 1 spiro atoms. The van der Waals surface area contributed by atoms with Gasteiger partial charge in [0.25, 0.3) is 5.56 Å². The second kappa shape index (κ2) is 18.6. The second-order valence-corrected chi connectivity index (χ2v) is 19.7. The van der Waals surface area contributed by atoms with Crippen molar-refractivity contribution in [2.45, 2.75) is 116 Å². The Morgan fingerprint density at radius 2 is 1.21 bits per heavy atom. The van der Waals surface area contributed by atoms with E-state index in [0.29, 0.717) is 36.2 Å². The summed E-state index contributed by atoms with van der Waals surface area (Å²) in [5.74, 6) is 0.525. The number of hydrogen-bond donors (Lipinski definition) is 4. The first-order valence-electron chi connectivity index (χ1n) is 23.9. The molecule has 3 fully saturated rings. The van der Waals surface area contributed by atoms with E-state index in [1.807, 2.05) is 50.9 Å². The molecule has 4 atom stereocenters. The highest BCUT2D eigenvalue weighted by Gasteiger charge is 2.42. The van der Waals surface area contributed by atoms with Gasteiger partial charge < -0.3 is 39.9 Å². The van der Waals surface area contributed by atoms with Crippen LogP contribution in [0.3, 0.4) is 0 Å². The Morgan fingerprint density at radius 3 is 1.76 bits per heavy atom. The number of carbonyl (C=O) groups excluding carboxylic acids is 4. The van der Waals surface area contributed by atoms with Gasteiger partial charge in [-0.3, -0.25) is 14.4 Å². The van der Waals surface area contributed by atoms with Gasteiger partial charge in [-0.2, -0.15) is 0 Å². The molecule has 15 heteroatoms. The zero-order valence-corrected chi connectivity index (χ0v) is 39.4. The van der Waals surface area contributed by atoms with E-state index in [9.17, 15) is 24.0 Å². The van der Waals surface area contributed by atoms with E-state index in [0.717, 1.165) is 65.9 Å². The molecular formula is C52H62N8O7. The number of amides is 4. The maximum Gasteiger partial charge on any atom is 0.407 e. The molecule has 0 radical (unpaired) electrons. The minimum absolute atomic E-state index is 0.115. The average molecular weight is 911 g/mol. The normalized spacial score (nSPS) is 19.6. The minimum Gasteiger partial charge on any atom is -0.453 e. The van der Waals surface area contributed by atoms with Crippen LogP contribution in [0, 0.1) is 17.3 Å². The van der Waals surface area contributed by atoms with Crippen LogP contribution in [0.15, 0.2) is 65.6 Å². The van der Waals surface area contributed by atoms with Crippen molar-refractivity contribution in [3.05, 3.63) is 93.9 Å². The van der Waals surface area contributed by atoms with E-state index in [4.69, 9.17) is 19.4 Å². The van der Waals surface area contributed by atoms with Crippen LogP contribution in [-0.2, 0) is 31.9 Å². The Kier molecular flexibility index (Phi) is 12.7. The van der Waals surface area contributed by atoms with E-state index >= 15 is 0 Å². The molecule has 1 saturated carbocycles. The van der Waals surface area contributed by atoms with Crippen molar-refractivity contribution in [1.29, 1.82) is 0 Å². The molecule has 0 bridgehead atoms. The van der Waals surface area contributed by atoms with E-state index in [1.54, 1.807) is 4.90 Å². The number of methoxy groups -OCH3 is 2. The number of rotatable bonds is 11. The molecule has 3 aromatic carbocycles. The molecular weight excluding hydrogens is 849 g/mol. The number of fused-ring (bicyclic) bond motifs is 2. The molecule has 4 unspecified atom stereocenters. The summed E-state index contributed by atoms with van der Waals surface area (Å²) in [4.78, 5) is 85.4. The third-order valence-electron chi connectivity index (χ3n) is 14.8. The lowest BCUT2D eigenvalue weighted by Crippen LogP contribution is -2.51. The first kappa shape index (κ1) is 45.6. The summed E-state index contributed by atoms with van der Waals surface area (Å²) in [5, 5.41) is 5.90. The number of aromatic nitrogens is 4. The number of benzene rings is 3. The number of aromatic amines is 2. The van der Waals surface area contributed by atoms with Crippen molar-refractivity contribution in [2.24, 2.45) is 17.3 Å². The Bertz CT molecular complexity index is 2750. The molecule has 2 saturated heterocycles. The summed E-state index contributed by atoms with van der Waals surface area (Å²) in [7, 11) is 2.57. The van der Waals surface area contributed by atoms with Crippen molar-refractivity contribution in [3.8, 4) is 33.5 Å². The SMILES string of the molecule is COC(=O)NC(C(=O)N1CCCC1c1ncc(-c2ccc(-c3ccc(-c4ccc5nc(C6CCCN6C(=O)C(NC(=O)OC)C(C)C)[nH]c(=O)c5c4)c4c3CC3(CCCC3)C4)cc2)[nH]1)C(C)C. The average Bonchev–Trinajstić information content (AvgIpc) is 4.20. The molecule has 15 nitrogen and oxygen atoms in total. The third-order valence-corrected chi connectivity index (χ3v) is 14.8. The topological polar surface area (TPSA) is 192 Å². The summed E-state index contributed by atoms with van der Waals surface area (Å²) in [5.41, 5.74) is 9.61. The number of hydrogen-bond acceptors (Lipinski definition) is 9. The van der Waals surface area contributed by atoms with Crippen LogP contribution in [0.2, 0.25) is 0 Å². The second-order valence-electron chi connectivity index (χ2n) is 19.7. The third kappa shape index (κ3) is 8.80. The zero-order valence-electron chi connectivity index (χ0n) is 39.4. The van der Waals surface area contributed by atoms with Crippen LogP contribution in [-0.4, -0.2) is 93.1 Å². The summed E-state index contributed by atoms with van der Waals surface area (Å²) >= 11 is 0. The molecule has 2 aliphatic heterocycles. The predicted octanol–water partition coefficient (Wildman–Crippen LogP) is 8.39. The van der Waals surface area contributed by atoms with E-state index < -0.39 is 30.3 Å². The largest absolute Gasteiger partial charge is 0.453 e. The fourth-order valence-electron chi connectivity index (χ4n) is 11.3. The van der Waals surface area contributed by atoms with E-state index in [2.05, 4.69) is 63.1 Å². The van der Waals surface area contributed by atoms with Gasteiger partial charge in [0, 0.05) is 13.1 Å². The standard InChI is InChI=1S/C52H62N8O7/c1-29(2)43(56-50(64)66-5)48(62)59-23-9-11-41(59)45-53-28-40(55-45)32-15-13-31(14-16-32)34-18-19-35(38-27-52(26-37(34)38)21-7-8-22-52)33-17-20-39-36(25-33)47(61)58-46(54-39)42-12-10-24-60(42)49(63)44(30(3)4)57-51(65)67-6/h13-20,25,28-30,41-44H,7-12,21-24,26-27H2,1-6H3,(H,53,55)(H,56,64)(H,57,65)(H,54,58,61). The highest BCUT2D eigenvalue weighted by Crippen LogP contribution is 2.53. The van der Waals surface area contributed by atoms with E-state index in [1.165, 1.54) is 56.6 Å². The summed E-state index contributed by atoms with van der Waals surface area (Å²) < 4.78 is 9.59. The number of nitrogens with one attached hydrogen (secondary N) is 4. The van der Waals surface area contributed by atoms with Gasteiger partial charge in [-0.25, -0.2) is 19.6 Å². The van der Waals surface area contributed by atoms with Gasteiger partial charge in [0.2, 0.25) is 11.8 Å². The summed E-state index contributed by atoms with van der Waals surface area (Å²) in [6.45, 7) is 8.65. The number of alkyl carbamates (subject to hydrolysis) is 2. The fourth-order valence-corrected chi connectivity index (χ4v) is 11.3. The molecule has 4 aliphatic rings. The molecule has 5 aromatic rings. The van der Waals surface area contributed by atoms with Gasteiger partial charge in [0.1, 0.15) is 23.7 Å². The number of ether oxygens (including phenoxy) is 2. The van der Waals surface area contributed by atoms with Crippen LogP contribution in [0.25, 0.3) is 44.4 Å². The monoisotopic (exact) mass is 910 g/mol. The van der Waals surface area contributed by atoms with Gasteiger partial charge in [-0.15, -0.1) is 0 Å². The lowest BCUT2D eigenvalue weighted by molar-refractivity contribution is -0.136. The first-order chi connectivity index (χ1) is 32.3. The maximum absolute atomic E-state index is 13.9. The van der Waals surface area contributed by atoms with Gasteiger partial charge in [0.15, 0.2) is 0 Å². The number of likely N-dealkylation sites (tertiary alicyclic amines) is 2. The lowest BCUT2D eigenvalue weighted by atomic mass is 9.82. The van der Waals surface area contributed by atoms with Crippen LogP contribution in [0.1, 0.15) is 114 Å². The number of nitrogens with zero attached hydrogens (tertiary/aromatic N) is 4. The lowest BCUT2D eigenvalue weighted by Gasteiger charge is -2.30. The van der Waals surface area contributed by atoms with Crippen LogP contribution >= 0.6 is 0 Å². The van der Waals surface area contributed by atoms with Crippen molar-refractivity contribution in [2.75, 3.05) is 27.3 Å². The number of H-pyrrole nitrogens is 2. The molecule has 2 aliphatic carbocycles. The number of carbonyl (C=O) groups is 4. The molecule has 9 rings (SSSR count). The molecule has 4 amide bonds. The van der Waals surface area contributed by atoms with Crippen LogP contribution < -0.4 is 16.2 Å². The van der Waals surface area contributed by atoms with Gasteiger partial charge >= 0.3 is 12.2 Å². The molecule has 352 valence electrons.